The van der Waals surface area contributed by atoms with E-state index in [0.717, 1.165) is 11.4 Å². The summed E-state index contributed by atoms with van der Waals surface area (Å²) in [6.45, 7) is 7.37. The second kappa shape index (κ2) is 6.88. The van der Waals surface area contributed by atoms with Gasteiger partial charge in [0.2, 0.25) is 0 Å². The molecule has 4 heteroatoms. The molecule has 0 aliphatic carbocycles. The highest BCUT2D eigenvalue weighted by molar-refractivity contribution is 5.92. The van der Waals surface area contributed by atoms with Gasteiger partial charge in [0.05, 0.1) is 11.9 Å². The third kappa shape index (κ3) is 3.60. The van der Waals surface area contributed by atoms with Crippen LogP contribution < -0.4 is 5.32 Å². The van der Waals surface area contributed by atoms with E-state index in [4.69, 9.17) is 0 Å². The van der Waals surface area contributed by atoms with Crippen molar-refractivity contribution in [2.24, 2.45) is 0 Å². The molecule has 0 spiro atoms. The van der Waals surface area contributed by atoms with Crippen LogP contribution in [0.1, 0.15) is 29.9 Å². The van der Waals surface area contributed by atoms with Crippen molar-refractivity contribution in [3.63, 3.8) is 0 Å². The monoisotopic (exact) mass is 283 g/mol. The van der Waals surface area contributed by atoms with Crippen LogP contribution in [0.4, 0.5) is 11.4 Å². The van der Waals surface area contributed by atoms with Gasteiger partial charge in [-0.2, -0.15) is 0 Å². The summed E-state index contributed by atoms with van der Waals surface area (Å²) in [7, 11) is 0. The molecule has 0 unspecified atom stereocenters. The molecule has 0 radical (unpaired) electrons. The number of hydrogen-bond acceptors (Lipinski definition) is 3. The highest BCUT2D eigenvalue weighted by Gasteiger charge is 2.13. The first-order valence-electron chi connectivity index (χ1n) is 7.23. The van der Waals surface area contributed by atoms with Crippen LogP contribution in [-0.4, -0.2) is 28.9 Å². The van der Waals surface area contributed by atoms with E-state index in [1.54, 1.807) is 17.2 Å². The molecule has 0 saturated heterocycles. The van der Waals surface area contributed by atoms with Crippen molar-refractivity contribution in [3.8, 4) is 0 Å². The fraction of sp³-hybridized carbons (Fsp3) is 0.294. The molecule has 1 amide bonds. The molecule has 1 heterocycles. The van der Waals surface area contributed by atoms with Crippen molar-refractivity contribution in [1.29, 1.82) is 0 Å². The number of benzene rings is 1. The second-order valence-electron chi connectivity index (χ2n) is 4.85. The van der Waals surface area contributed by atoms with Gasteiger partial charge >= 0.3 is 0 Å². The molecule has 0 bridgehead atoms. The predicted octanol–water partition coefficient (Wildman–Crippen LogP) is 3.62. The molecule has 21 heavy (non-hydrogen) atoms. The number of amides is 1. The first kappa shape index (κ1) is 15.0. The number of para-hydroxylation sites is 1. The number of nitrogens with zero attached hydrogens (tertiary/aromatic N) is 2. The van der Waals surface area contributed by atoms with E-state index in [0.29, 0.717) is 18.8 Å². The van der Waals surface area contributed by atoms with Crippen molar-refractivity contribution in [1.82, 2.24) is 9.88 Å². The standard InChI is InChI=1S/C17H21N3O/c1-4-20(5-2)17(21)16-11-10-14(12-18-16)19-15-9-7-6-8-13(15)3/h6-12,19H,4-5H2,1-3H3. The van der Waals surface area contributed by atoms with Crippen molar-refractivity contribution in [2.75, 3.05) is 18.4 Å². The lowest BCUT2D eigenvalue weighted by atomic mass is 10.2. The molecule has 1 aromatic heterocycles. The smallest absolute Gasteiger partial charge is 0.272 e. The number of nitrogens with one attached hydrogen (secondary N) is 1. The molecule has 2 rings (SSSR count). The summed E-state index contributed by atoms with van der Waals surface area (Å²) in [6, 6.07) is 11.7. The van der Waals surface area contributed by atoms with E-state index in [9.17, 15) is 4.79 Å². The Morgan fingerprint density at radius 1 is 1.14 bits per heavy atom. The molecular formula is C17H21N3O. The molecule has 1 aromatic carbocycles. The highest BCUT2D eigenvalue weighted by atomic mass is 16.2. The lowest BCUT2D eigenvalue weighted by molar-refractivity contribution is 0.0767. The minimum absolute atomic E-state index is 0.0255. The maximum atomic E-state index is 12.2. The largest absolute Gasteiger partial charge is 0.354 e. The van der Waals surface area contributed by atoms with Gasteiger partial charge in [0.15, 0.2) is 0 Å². The summed E-state index contributed by atoms with van der Waals surface area (Å²) in [5, 5.41) is 3.31. The van der Waals surface area contributed by atoms with Crippen LogP contribution in [0.2, 0.25) is 0 Å². The Morgan fingerprint density at radius 3 is 2.43 bits per heavy atom. The molecule has 4 nitrogen and oxygen atoms in total. The summed E-state index contributed by atoms with van der Waals surface area (Å²) in [5.41, 5.74) is 3.57. The number of aromatic nitrogens is 1. The summed E-state index contributed by atoms with van der Waals surface area (Å²) < 4.78 is 0. The lowest BCUT2D eigenvalue weighted by Crippen LogP contribution is -2.31. The number of pyridine rings is 1. The van der Waals surface area contributed by atoms with Crippen LogP contribution in [0, 0.1) is 6.92 Å². The van der Waals surface area contributed by atoms with E-state index in [1.807, 2.05) is 51.1 Å². The zero-order valence-corrected chi connectivity index (χ0v) is 12.8. The Morgan fingerprint density at radius 2 is 1.86 bits per heavy atom. The minimum Gasteiger partial charge on any atom is -0.354 e. The van der Waals surface area contributed by atoms with Crippen molar-refractivity contribution < 1.29 is 4.79 Å². The maximum Gasteiger partial charge on any atom is 0.272 e. The summed E-state index contributed by atoms with van der Waals surface area (Å²) in [6.07, 6.45) is 1.70. The van der Waals surface area contributed by atoms with E-state index >= 15 is 0 Å². The van der Waals surface area contributed by atoms with E-state index in [-0.39, 0.29) is 5.91 Å². The van der Waals surface area contributed by atoms with Gasteiger partial charge in [-0.1, -0.05) is 18.2 Å². The summed E-state index contributed by atoms with van der Waals surface area (Å²) in [4.78, 5) is 18.2. The Labute approximate surface area is 125 Å². The molecule has 0 saturated carbocycles. The number of carbonyl (C=O) groups excluding carboxylic acids is 1. The number of rotatable bonds is 5. The fourth-order valence-corrected chi connectivity index (χ4v) is 2.14. The molecular weight excluding hydrogens is 262 g/mol. The maximum absolute atomic E-state index is 12.2. The van der Waals surface area contributed by atoms with Gasteiger partial charge in [0.25, 0.3) is 5.91 Å². The van der Waals surface area contributed by atoms with Crippen LogP contribution >= 0.6 is 0 Å². The lowest BCUT2D eigenvalue weighted by Gasteiger charge is -2.18. The van der Waals surface area contributed by atoms with Gasteiger partial charge in [-0.3, -0.25) is 4.79 Å². The van der Waals surface area contributed by atoms with E-state index in [2.05, 4.69) is 10.3 Å². The Bertz CT molecular complexity index is 604. The minimum atomic E-state index is -0.0255. The molecule has 0 aliphatic heterocycles. The number of carbonyl (C=O) groups is 1. The second-order valence-corrected chi connectivity index (χ2v) is 4.85. The van der Waals surface area contributed by atoms with Gasteiger partial charge in [-0.05, 0) is 44.5 Å². The normalized spacial score (nSPS) is 10.2. The highest BCUT2D eigenvalue weighted by Crippen LogP contribution is 2.19. The first-order valence-corrected chi connectivity index (χ1v) is 7.23. The molecule has 0 atom stereocenters. The van der Waals surface area contributed by atoms with Gasteiger partial charge < -0.3 is 10.2 Å². The average Bonchev–Trinajstić information content (AvgIpc) is 2.51. The molecule has 1 N–H and O–H groups in total. The van der Waals surface area contributed by atoms with Gasteiger partial charge in [-0.25, -0.2) is 4.98 Å². The predicted molar refractivity (Wildman–Crippen MR) is 86.0 cm³/mol. The van der Waals surface area contributed by atoms with Crippen LogP contribution in [0.15, 0.2) is 42.6 Å². The molecule has 0 aliphatic rings. The quantitative estimate of drug-likeness (QED) is 0.911. The fourth-order valence-electron chi connectivity index (χ4n) is 2.14. The van der Waals surface area contributed by atoms with E-state index < -0.39 is 0 Å². The van der Waals surface area contributed by atoms with Crippen LogP contribution in [0.3, 0.4) is 0 Å². The summed E-state index contributed by atoms with van der Waals surface area (Å²) >= 11 is 0. The van der Waals surface area contributed by atoms with Crippen molar-refractivity contribution in [3.05, 3.63) is 53.9 Å². The number of anilines is 2. The van der Waals surface area contributed by atoms with E-state index in [1.165, 1.54) is 5.56 Å². The Balaban J connectivity index is 2.12. The van der Waals surface area contributed by atoms with Crippen LogP contribution in [-0.2, 0) is 0 Å². The first-order chi connectivity index (χ1) is 10.2. The zero-order valence-electron chi connectivity index (χ0n) is 12.8. The topological polar surface area (TPSA) is 45.2 Å². The summed E-state index contributed by atoms with van der Waals surface area (Å²) in [5.74, 6) is -0.0255. The molecule has 2 aromatic rings. The number of hydrogen-bond donors (Lipinski definition) is 1. The zero-order chi connectivity index (χ0) is 15.2. The average molecular weight is 283 g/mol. The van der Waals surface area contributed by atoms with Crippen molar-refractivity contribution >= 4 is 17.3 Å². The number of aryl methyl sites for hydroxylation is 1. The Kier molecular flexibility index (Phi) is 4.93. The van der Waals surface area contributed by atoms with Crippen molar-refractivity contribution in [2.45, 2.75) is 20.8 Å². The van der Waals surface area contributed by atoms with Gasteiger partial charge in [0.1, 0.15) is 5.69 Å². The SMILES string of the molecule is CCN(CC)C(=O)c1ccc(Nc2ccccc2C)cn1. The molecule has 0 fully saturated rings. The van der Waals surface area contributed by atoms with Crippen LogP contribution in [0.25, 0.3) is 0 Å². The third-order valence-electron chi connectivity index (χ3n) is 3.46. The molecule has 110 valence electrons. The third-order valence-corrected chi connectivity index (χ3v) is 3.46. The Hall–Kier alpha value is -2.36. The van der Waals surface area contributed by atoms with Gasteiger partial charge in [-0.15, -0.1) is 0 Å². The van der Waals surface area contributed by atoms with Gasteiger partial charge in [0, 0.05) is 18.8 Å². The van der Waals surface area contributed by atoms with Crippen LogP contribution in [0.5, 0.6) is 0 Å².